The zero-order valence-electron chi connectivity index (χ0n) is 8.37. The third-order valence-electron chi connectivity index (χ3n) is 2.79. The van der Waals surface area contributed by atoms with Crippen molar-refractivity contribution in [2.75, 3.05) is 6.26 Å². The minimum atomic E-state index is -3.01. The number of hydrogen-bond donors (Lipinski definition) is 1. The molecular weight excluding hydrogens is 218 g/mol. The van der Waals surface area contributed by atoms with Gasteiger partial charge in [0, 0.05) is 6.26 Å². The fraction of sp³-hybridized carbons (Fsp3) is 0.750. The first-order chi connectivity index (χ1) is 7.02. The molecule has 15 heavy (non-hydrogen) atoms. The normalized spacial score (nSPS) is 26.3. The average Bonchev–Trinajstić information content (AvgIpc) is 2.47. The summed E-state index contributed by atoms with van der Waals surface area (Å²) in [6, 6.07) is -0.118. The summed E-state index contributed by atoms with van der Waals surface area (Å²) in [6.45, 7) is -0.170. The van der Waals surface area contributed by atoms with E-state index in [1.54, 1.807) is 10.9 Å². The smallest absolute Gasteiger partial charge is 0.152 e. The highest BCUT2D eigenvalue weighted by atomic mass is 32.2. The second kappa shape index (κ2) is 3.57. The lowest BCUT2D eigenvalue weighted by molar-refractivity contribution is 0.276. The molecule has 0 spiro atoms. The molecule has 1 aliphatic rings. The SMILES string of the molecule is CS(=O)(=O)C1CCC1n1cc(CO)nn1. The molecule has 0 radical (unpaired) electrons. The Labute approximate surface area is 87.8 Å². The minimum absolute atomic E-state index is 0.118. The van der Waals surface area contributed by atoms with Crippen molar-refractivity contribution < 1.29 is 13.5 Å². The Kier molecular flexibility index (Phi) is 2.51. The van der Waals surface area contributed by atoms with E-state index in [1.807, 2.05) is 0 Å². The zero-order valence-corrected chi connectivity index (χ0v) is 9.18. The Morgan fingerprint density at radius 3 is 2.73 bits per heavy atom. The minimum Gasteiger partial charge on any atom is -0.390 e. The van der Waals surface area contributed by atoms with Crippen molar-refractivity contribution in [3.8, 4) is 0 Å². The highest BCUT2D eigenvalue weighted by molar-refractivity contribution is 7.91. The largest absolute Gasteiger partial charge is 0.390 e. The van der Waals surface area contributed by atoms with Gasteiger partial charge in [0.05, 0.1) is 24.1 Å². The molecule has 1 N–H and O–H groups in total. The average molecular weight is 231 g/mol. The monoisotopic (exact) mass is 231 g/mol. The first-order valence-electron chi connectivity index (χ1n) is 4.73. The molecule has 1 aromatic heterocycles. The maximum absolute atomic E-state index is 11.4. The molecule has 0 saturated heterocycles. The van der Waals surface area contributed by atoms with E-state index >= 15 is 0 Å². The standard InChI is InChI=1S/C8H13N3O3S/c1-15(13,14)8-3-2-7(8)11-4-6(5-12)9-10-11/h4,7-8,12H,2-3,5H2,1H3. The van der Waals surface area contributed by atoms with Crippen LogP contribution in [-0.2, 0) is 16.4 Å². The molecule has 2 unspecified atom stereocenters. The van der Waals surface area contributed by atoms with Gasteiger partial charge in [-0.3, -0.25) is 0 Å². The molecule has 1 heterocycles. The molecule has 2 atom stereocenters. The van der Waals surface area contributed by atoms with E-state index in [1.165, 1.54) is 6.26 Å². The quantitative estimate of drug-likeness (QED) is 0.759. The van der Waals surface area contributed by atoms with Gasteiger partial charge in [-0.2, -0.15) is 0 Å². The van der Waals surface area contributed by atoms with Gasteiger partial charge in [0.15, 0.2) is 9.84 Å². The van der Waals surface area contributed by atoms with Gasteiger partial charge in [-0.1, -0.05) is 5.21 Å². The number of rotatable bonds is 3. The molecule has 1 aliphatic carbocycles. The molecule has 0 amide bonds. The highest BCUT2D eigenvalue weighted by Gasteiger charge is 2.40. The lowest BCUT2D eigenvalue weighted by Gasteiger charge is -2.34. The van der Waals surface area contributed by atoms with Gasteiger partial charge in [-0.05, 0) is 12.8 Å². The van der Waals surface area contributed by atoms with Crippen LogP contribution in [-0.4, -0.2) is 40.0 Å². The number of aliphatic hydroxyl groups is 1. The molecule has 2 rings (SSSR count). The van der Waals surface area contributed by atoms with Crippen LogP contribution in [0.5, 0.6) is 0 Å². The van der Waals surface area contributed by atoms with Crippen LogP contribution in [0.2, 0.25) is 0 Å². The number of hydrogen-bond acceptors (Lipinski definition) is 5. The Bertz CT molecular complexity index is 453. The van der Waals surface area contributed by atoms with Crippen LogP contribution in [0.25, 0.3) is 0 Å². The van der Waals surface area contributed by atoms with E-state index in [4.69, 9.17) is 5.11 Å². The van der Waals surface area contributed by atoms with E-state index in [0.29, 0.717) is 12.1 Å². The van der Waals surface area contributed by atoms with Crippen molar-refractivity contribution in [3.63, 3.8) is 0 Å². The molecule has 1 aromatic rings. The molecular formula is C8H13N3O3S. The first-order valence-corrected chi connectivity index (χ1v) is 6.68. The second-order valence-corrected chi connectivity index (χ2v) is 6.13. The number of nitrogens with zero attached hydrogens (tertiary/aromatic N) is 3. The van der Waals surface area contributed by atoms with Crippen molar-refractivity contribution in [2.24, 2.45) is 0 Å². The van der Waals surface area contributed by atoms with Crippen molar-refractivity contribution in [3.05, 3.63) is 11.9 Å². The van der Waals surface area contributed by atoms with Crippen LogP contribution < -0.4 is 0 Å². The molecule has 0 aliphatic heterocycles. The summed E-state index contributed by atoms with van der Waals surface area (Å²) in [5.41, 5.74) is 0.467. The Morgan fingerprint density at radius 1 is 1.60 bits per heavy atom. The molecule has 0 bridgehead atoms. The van der Waals surface area contributed by atoms with Crippen LogP contribution >= 0.6 is 0 Å². The molecule has 1 fully saturated rings. The predicted molar refractivity (Wildman–Crippen MR) is 52.8 cm³/mol. The van der Waals surface area contributed by atoms with E-state index in [0.717, 1.165) is 6.42 Å². The van der Waals surface area contributed by atoms with Crippen LogP contribution in [0.15, 0.2) is 6.20 Å². The van der Waals surface area contributed by atoms with Gasteiger partial charge in [0.2, 0.25) is 0 Å². The van der Waals surface area contributed by atoms with Crippen molar-refractivity contribution in [1.82, 2.24) is 15.0 Å². The van der Waals surface area contributed by atoms with E-state index in [-0.39, 0.29) is 17.9 Å². The predicted octanol–water partition coefficient (Wildman–Crippen LogP) is -0.482. The van der Waals surface area contributed by atoms with Crippen LogP contribution in [0.4, 0.5) is 0 Å². The summed E-state index contributed by atoms with van der Waals surface area (Å²) < 4.78 is 24.3. The molecule has 0 aromatic carbocycles. The van der Waals surface area contributed by atoms with Crippen LogP contribution in [0.3, 0.4) is 0 Å². The van der Waals surface area contributed by atoms with Gasteiger partial charge in [0.25, 0.3) is 0 Å². The van der Waals surface area contributed by atoms with Gasteiger partial charge in [0.1, 0.15) is 5.69 Å². The first kappa shape index (κ1) is 10.6. The summed E-state index contributed by atoms with van der Waals surface area (Å²) >= 11 is 0. The third-order valence-corrected chi connectivity index (χ3v) is 4.44. The fourth-order valence-electron chi connectivity index (χ4n) is 1.80. The van der Waals surface area contributed by atoms with E-state index in [9.17, 15) is 8.42 Å². The van der Waals surface area contributed by atoms with E-state index < -0.39 is 9.84 Å². The zero-order chi connectivity index (χ0) is 11.1. The lowest BCUT2D eigenvalue weighted by Crippen LogP contribution is -2.40. The van der Waals surface area contributed by atoms with Crippen LogP contribution in [0, 0.1) is 0 Å². The second-order valence-electron chi connectivity index (χ2n) is 3.86. The van der Waals surface area contributed by atoms with Gasteiger partial charge in [-0.25, -0.2) is 13.1 Å². The molecule has 7 heteroatoms. The van der Waals surface area contributed by atoms with Gasteiger partial charge >= 0.3 is 0 Å². The number of aliphatic hydroxyl groups excluding tert-OH is 1. The van der Waals surface area contributed by atoms with Crippen molar-refractivity contribution in [2.45, 2.75) is 30.7 Å². The Hall–Kier alpha value is -0.950. The topological polar surface area (TPSA) is 85.1 Å². The van der Waals surface area contributed by atoms with Gasteiger partial charge < -0.3 is 5.11 Å². The maximum Gasteiger partial charge on any atom is 0.152 e. The van der Waals surface area contributed by atoms with E-state index in [2.05, 4.69) is 10.3 Å². The number of sulfone groups is 1. The molecule has 6 nitrogen and oxygen atoms in total. The van der Waals surface area contributed by atoms with Crippen LogP contribution in [0.1, 0.15) is 24.6 Å². The highest BCUT2D eigenvalue weighted by Crippen LogP contribution is 2.36. The molecule has 84 valence electrons. The fourth-order valence-corrected chi connectivity index (χ4v) is 3.20. The third kappa shape index (κ3) is 1.89. The van der Waals surface area contributed by atoms with Crippen molar-refractivity contribution >= 4 is 9.84 Å². The van der Waals surface area contributed by atoms with Gasteiger partial charge in [-0.15, -0.1) is 5.10 Å². The molecule has 1 saturated carbocycles. The summed E-state index contributed by atoms with van der Waals surface area (Å²) in [6.07, 6.45) is 4.32. The summed E-state index contributed by atoms with van der Waals surface area (Å²) in [5, 5.41) is 16.0. The summed E-state index contributed by atoms with van der Waals surface area (Å²) in [7, 11) is -3.01. The Morgan fingerprint density at radius 2 is 2.33 bits per heavy atom. The Balaban J connectivity index is 2.19. The lowest BCUT2D eigenvalue weighted by atomic mass is 9.92. The summed E-state index contributed by atoms with van der Waals surface area (Å²) in [5.74, 6) is 0. The number of aromatic nitrogens is 3. The van der Waals surface area contributed by atoms with Crippen molar-refractivity contribution in [1.29, 1.82) is 0 Å². The summed E-state index contributed by atoms with van der Waals surface area (Å²) in [4.78, 5) is 0. The maximum atomic E-state index is 11.4.